The minimum absolute atomic E-state index is 0.235. The number of nitrogens with zero attached hydrogens (tertiary/aromatic N) is 4. The Labute approximate surface area is 144 Å². The third kappa shape index (κ3) is 4.31. The van der Waals surface area contributed by atoms with Crippen LogP contribution in [0.25, 0.3) is 17.2 Å². The summed E-state index contributed by atoms with van der Waals surface area (Å²) < 4.78 is 10.4. The van der Waals surface area contributed by atoms with E-state index in [9.17, 15) is 0 Å². The van der Waals surface area contributed by atoms with E-state index in [1.807, 2.05) is 0 Å². The van der Waals surface area contributed by atoms with E-state index in [0.717, 1.165) is 0 Å². The minimum atomic E-state index is -0.235. The normalized spacial score (nSPS) is 12.8. The smallest absolute Gasteiger partial charge is 0.258 e. The molecule has 24 heavy (non-hydrogen) atoms. The Morgan fingerprint density at radius 2 is 2.29 bits per heavy atom. The van der Waals surface area contributed by atoms with E-state index in [-0.39, 0.29) is 11.3 Å². The zero-order valence-corrected chi connectivity index (χ0v) is 14.0. The lowest BCUT2D eigenvalue weighted by molar-refractivity contribution is 0.412. The lowest BCUT2D eigenvalue weighted by atomic mass is 10.1. The Hall–Kier alpha value is -2.91. The van der Waals surface area contributed by atoms with Gasteiger partial charge in [-0.25, -0.2) is 0 Å². The number of alkyl halides is 1. The monoisotopic (exact) mass is 342 g/mol. The number of benzene rings is 1. The Bertz CT molecular complexity index is 831. The summed E-state index contributed by atoms with van der Waals surface area (Å²) >= 11 is 5.87. The van der Waals surface area contributed by atoms with Crippen LogP contribution >= 0.6 is 11.6 Å². The molecule has 1 atom stereocenters. The number of rotatable bonds is 6. The second-order valence-corrected chi connectivity index (χ2v) is 5.42. The molecule has 0 spiro atoms. The number of halogens is 1. The van der Waals surface area contributed by atoms with Gasteiger partial charge >= 0.3 is 0 Å². The maximum atomic E-state index is 9.09. The van der Waals surface area contributed by atoms with Gasteiger partial charge in [-0.3, -0.25) is 4.99 Å². The zero-order chi connectivity index (χ0) is 17.5. The molecular formula is C17H15ClN4O2. The molecule has 0 fully saturated rings. The van der Waals surface area contributed by atoms with Crippen LogP contribution in [0, 0.1) is 11.3 Å². The van der Waals surface area contributed by atoms with E-state index in [0.29, 0.717) is 28.4 Å². The van der Waals surface area contributed by atoms with Gasteiger partial charge in [0.2, 0.25) is 5.82 Å². The number of hydrogen-bond donors (Lipinski definition) is 0. The van der Waals surface area contributed by atoms with Crippen molar-refractivity contribution in [3.63, 3.8) is 0 Å². The van der Waals surface area contributed by atoms with Crippen LogP contribution in [0.15, 0.2) is 46.4 Å². The molecule has 0 aliphatic carbocycles. The molecule has 0 N–H and O–H groups in total. The predicted octanol–water partition coefficient (Wildman–Crippen LogP) is 3.84. The number of methoxy groups -OCH3 is 1. The lowest BCUT2D eigenvalue weighted by Crippen LogP contribution is -1.93. The first kappa shape index (κ1) is 17.4. The first-order valence-corrected chi connectivity index (χ1v) is 7.45. The number of ether oxygens (including phenoxy) is 1. The lowest BCUT2D eigenvalue weighted by Gasteiger charge is -2.02. The second-order valence-electron chi connectivity index (χ2n) is 4.73. The number of nitriles is 1. The molecule has 1 heterocycles. The zero-order valence-electron chi connectivity index (χ0n) is 13.2. The summed E-state index contributed by atoms with van der Waals surface area (Å²) in [5.74, 6) is 1.07. The number of aliphatic imine (C=N–C) groups is 1. The molecule has 1 unspecified atom stereocenters. The molecule has 0 aliphatic heterocycles. The van der Waals surface area contributed by atoms with Gasteiger partial charge in [0.1, 0.15) is 11.4 Å². The van der Waals surface area contributed by atoms with Gasteiger partial charge in [0.25, 0.3) is 5.89 Å². The van der Waals surface area contributed by atoms with Crippen LogP contribution in [-0.2, 0) is 0 Å². The SMILES string of the molecule is C=C/C=C(\N=CC(C)Cl)c1noc(-c2cc(C#N)cc(OC)c2)n1. The predicted molar refractivity (Wildman–Crippen MR) is 93.0 cm³/mol. The third-order valence-electron chi connectivity index (χ3n) is 2.87. The summed E-state index contributed by atoms with van der Waals surface area (Å²) in [6.07, 6.45) is 4.78. The van der Waals surface area contributed by atoms with Crippen molar-refractivity contribution in [3.8, 4) is 23.3 Å². The molecule has 1 aromatic heterocycles. The molecule has 0 amide bonds. The van der Waals surface area contributed by atoms with Gasteiger partial charge < -0.3 is 9.26 Å². The third-order valence-corrected chi connectivity index (χ3v) is 2.98. The second kappa shape index (κ2) is 8.09. The maximum Gasteiger partial charge on any atom is 0.258 e. The highest BCUT2D eigenvalue weighted by atomic mass is 35.5. The van der Waals surface area contributed by atoms with Crippen LogP contribution in [-0.4, -0.2) is 28.8 Å². The van der Waals surface area contributed by atoms with Crippen molar-refractivity contribution in [2.75, 3.05) is 7.11 Å². The van der Waals surface area contributed by atoms with Gasteiger partial charge in [0.05, 0.1) is 24.1 Å². The molecule has 6 nitrogen and oxygen atoms in total. The highest BCUT2D eigenvalue weighted by molar-refractivity contribution is 6.28. The molecule has 0 aliphatic rings. The van der Waals surface area contributed by atoms with Crippen LogP contribution in [0.5, 0.6) is 5.75 Å². The van der Waals surface area contributed by atoms with Crippen LogP contribution in [0.1, 0.15) is 18.3 Å². The van der Waals surface area contributed by atoms with Crippen molar-refractivity contribution in [1.82, 2.24) is 10.1 Å². The topological polar surface area (TPSA) is 84.3 Å². The van der Waals surface area contributed by atoms with Crippen LogP contribution < -0.4 is 4.74 Å². The van der Waals surface area contributed by atoms with Crippen molar-refractivity contribution in [3.05, 3.63) is 48.3 Å². The number of hydrogen-bond acceptors (Lipinski definition) is 6. The van der Waals surface area contributed by atoms with E-state index in [4.69, 9.17) is 26.1 Å². The highest BCUT2D eigenvalue weighted by Gasteiger charge is 2.14. The minimum Gasteiger partial charge on any atom is -0.497 e. The van der Waals surface area contributed by atoms with Gasteiger partial charge in [-0.1, -0.05) is 17.8 Å². The van der Waals surface area contributed by atoms with E-state index in [1.54, 1.807) is 43.5 Å². The fraction of sp³-hybridized carbons (Fsp3) is 0.176. The fourth-order valence-corrected chi connectivity index (χ4v) is 1.88. The Balaban J connectivity index is 2.41. The average molecular weight is 343 g/mol. The Morgan fingerprint density at radius 3 is 2.92 bits per heavy atom. The van der Waals surface area contributed by atoms with Crippen molar-refractivity contribution in [2.24, 2.45) is 4.99 Å². The summed E-state index contributed by atoms with van der Waals surface area (Å²) in [5.41, 5.74) is 1.48. The van der Waals surface area contributed by atoms with Crippen LogP contribution in [0.4, 0.5) is 0 Å². The summed E-state index contributed by atoms with van der Waals surface area (Å²) in [4.78, 5) is 8.54. The van der Waals surface area contributed by atoms with Crippen molar-refractivity contribution >= 4 is 23.5 Å². The molecular weight excluding hydrogens is 328 g/mol. The standard InChI is InChI=1S/C17H15ClN4O2/c1-4-5-15(20-10-11(2)18)16-21-17(24-22-16)13-6-12(9-19)7-14(8-13)23-3/h4-8,10-11H,1H2,2-3H3/b15-5-,20-10?. The fourth-order valence-electron chi connectivity index (χ4n) is 1.82. The molecule has 1 aromatic carbocycles. The van der Waals surface area contributed by atoms with Crippen molar-refractivity contribution < 1.29 is 9.26 Å². The summed E-state index contributed by atoms with van der Waals surface area (Å²) in [6, 6.07) is 7.03. The van der Waals surface area contributed by atoms with E-state index < -0.39 is 0 Å². The van der Waals surface area contributed by atoms with E-state index in [2.05, 4.69) is 27.8 Å². The molecule has 2 aromatic rings. The molecule has 2 rings (SSSR count). The van der Waals surface area contributed by atoms with Gasteiger partial charge in [0.15, 0.2) is 0 Å². The summed E-state index contributed by atoms with van der Waals surface area (Å²) in [6.45, 7) is 5.43. The van der Waals surface area contributed by atoms with Gasteiger partial charge in [-0.05, 0) is 31.2 Å². The molecule has 0 bridgehead atoms. The van der Waals surface area contributed by atoms with Crippen LogP contribution in [0.2, 0.25) is 0 Å². The first-order chi connectivity index (χ1) is 11.6. The quantitative estimate of drug-likeness (QED) is 0.452. The van der Waals surface area contributed by atoms with E-state index in [1.165, 1.54) is 7.11 Å². The van der Waals surface area contributed by atoms with Gasteiger partial charge in [-0.2, -0.15) is 10.2 Å². The largest absolute Gasteiger partial charge is 0.497 e. The number of aromatic nitrogens is 2. The van der Waals surface area contributed by atoms with Crippen LogP contribution in [0.3, 0.4) is 0 Å². The first-order valence-electron chi connectivity index (χ1n) is 7.02. The van der Waals surface area contributed by atoms with E-state index >= 15 is 0 Å². The molecule has 0 radical (unpaired) electrons. The molecule has 122 valence electrons. The number of allylic oxidation sites excluding steroid dienone is 2. The summed E-state index contributed by atoms with van der Waals surface area (Å²) in [5, 5.41) is 12.8. The van der Waals surface area contributed by atoms with Gasteiger partial charge in [-0.15, -0.1) is 11.6 Å². The molecule has 0 saturated heterocycles. The Kier molecular flexibility index (Phi) is 5.88. The Morgan fingerprint density at radius 1 is 1.50 bits per heavy atom. The average Bonchev–Trinajstić information content (AvgIpc) is 3.07. The highest BCUT2D eigenvalue weighted by Crippen LogP contribution is 2.26. The molecule has 7 heteroatoms. The molecule has 0 saturated carbocycles. The maximum absolute atomic E-state index is 9.09. The van der Waals surface area contributed by atoms with Gasteiger partial charge in [0, 0.05) is 11.8 Å². The summed E-state index contributed by atoms with van der Waals surface area (Å²) in [7, 11) is 1.52. The van der Waals surface area contributed by atoms with Crippen molar-refractivity contribution in [2.45, 2.75) is 12.3 Å². The van der Waals surface area contributed by atoms with Crippen molar-refractivity contribution in [1.29, 1.82) is 5.26 Å².